The second kappa shape index (κ2) is 9.14. The van der Waals surface area contributed by atoms with Gasteiger partial charge < -0.3 is 20.4 Å². The van der Waals surface area contributed by atoms with E-state index in [0.29, 0.717) is 13.1 Å². The minimum absolute atomic E-state index is 0.0535. The molecule has 1 aromatic rings. The number of benzene rings is 1. The first-order valence-electron chi connectivity index (χ1n) is 9.56. The number of nitrogens with one attached hydrogen (secondary N) is 4. The van der Waals surface area contributed by atoms with Gasteiger partial charge >= 0.3 is 0 Å². The maximum Gasteiger partial charge on any atom is 0.279 e. The number of anilines is 1. The van der Waals surface area contributed by atoms with E-state index in [9.17, 15) is 9.59 Å². The zero-order chi connectivity index (χ0) is 19.2. The fraction of sp³-hybridized carbons (Fsp3) is 0.600. The van der Waals surface area contributed by atoms with Crippen LogP contribution in [-0.2, 0) is 9.59 Å². The predicted molar refractivity (Wildman–Crippen MR) is 103 cm³/mol. The lowest BCUT2D eigenvalue weighted by Gasteiger charge is -2.22. The van der Waals surface area contributed by atoms with Crippen molar-refractivity contribution >= 4 is 17.5 Å². The van der Waals surface area contributed by atoms with Crippen molar-refractivity contribution in [2.24, 2.45) is 0 Å². The van der Waals surface area contributed by atoms with Crippen LogP contribution in [0.3, 0.4) is 0 Å². The first kappa shape index (κ1) is 20.4. The van der Waals surface area contributed by atoms with Crippen LogP contribution in [0.4, 0.5) is 5.69 Å². The molecule has 1 aliphatic heterocycles. The summed E-state index contributed by atoms with van der Waals surface area (Å²) in [6.45, 7) is 12.8. The van der Waals surface area contributed by atoms with Crippen molar-refractivity contribution in [2.75, 3.05) is 44.6 Å². The van der Waals surface area contributed by atoms with E-state index in [1.807, 2.05) is 52.0 Å². The highest BCUT2D eigenvalue weighted by Crippen LogP contribution is 2.07. The zero-order valence-electron chi connectivity index (χ0n) is 16.6. The first-order chi connectivity index (χ1) is 12.2. The third-order valence-corrected chi connectivity index (χ3v) is 4.56. The van der Waals surface area contributed by atoms with Crippen LogP contribution >= 0.6 is 0 Å². The van der Waals surface area contributed by atoms with Gasteiger partial charge in [0.1, 0.15) is 13.1 Å². The van der Waals surface area contributed by atoms with Crippen molar-refractivity contribution < 1.29 is 19.4 Å². The van der Waals surface area contributed by atoms with E-state index < -0.39 is 0 Å². The van der Waals surface area contributed by atoms with E-state index in [1.54, 1.807) is 0 Å². The molecule has 0 radical (unpaired) electrons. The summed E-state index contributed by atoms with van der Waals surface area (Å²) < 4.78 is 0. The molecule has 6 heteroatoms. The minimum atomic E-state index is -0.187. The molecule has 2 amide bonds. The highest BCUT2D eigenvalue weighted by molar-refractivity contribution is 5.91. The number of quaternary nitrogens is 2. The van der Waals surface area contributed by atoms with Crippen molar-refractivity contribution in [1.82, 2.24) is 5.32 Å². The van der Waals surface area contributed by atoms with E-state index in [2.05, 4.69) is 10.6 Å². The molecule has 1 aliphatic rings. The molecular weight excluding hydrogens is 328 g/mol. The van der Waals surface area contributed by atoms with Crippen LogP contribution in [0.5, 0.6) is 0 Å². The highest BCUT2D eigenvalue weighted by atomic mass is 16.2. The number of rotatable bonds is 5. The van der Waals surface area contributed by atoms with Gasteiger partial charge in [0.05, 0.1) is 13.1 Å². The van der Waals surface area contributed by atoms with Gasteiger partial charge in [-0.2, -0.15) is 0 Å². The standard InChI is InChI=1S/C20H32N4O2/c1-16-6-8-17(9-7-16)21-18(25)14-23-10-5-11-24(13-12-23)15-19(26)22-20(2,3)4/h6-9H,5,10-15H2,1-4H3,(H,21,25)(H,22,26)/p+2. The van der Waals surface area contributed by atoms with E-state index >= 15 is 0 Å². The van der Waals surface area contributed by atoms with Crippen LogP contribution in [0.25, 0.3) is 0 Å². The average molecular weight is 363 g/mol. The Morgan fingerprint density at radius 3 is 2.00 bits per heavy atom. The summed E-state index contributed by atoms with van der Waals surface area (Å²) in [7, 11) is 0. The summed E-state index contributed by atoms with van der Waals surface area (Å²) in [5.41, 5.74) is 1.84. The molecule has 0 aromatic heterocycles. The van der Waals surface area contributed by atoms with Gasteiger partial charge in [-0.25, -0.2) is 0 Å². The van der Waals surface area contributed by atoms with Crippen molar-refractivity contribution in [3.63, 3.8) is 0 Å². The monoisotopic (exact) mass is 362 g/mol. The third kappa shape index (κ3) is 7.54. The predicted octanol–water partition coefficient (Wildman–Crippen LogP) is -0.978. The lowest BCUT2D eigenvalue weighted by molar-refractivity contribution is -0.930. The molecule has 0 spiro atoms. The lowest BCUT2D eigenvalue weighted by atomic mass is 10.1. The number of carbonyl (C=O) groups is 2. The second-order valence-electron chi connectivity index (χ2n) is 8.42. The number of amides is 2. The molecule has 6 nitrogen and oxygen atoms in total. The fourth-order valence-electron chi connectivity index (χ4n) is 3.30. The SMILES string of the molecule is Cc1ccc(NC(=O)C[NH+]2CCC[NH+](CC(=O)NC(C)(C)C)CC2)cc1. The van der Waals surface area contributed by atoms with E-state index in [4.69, 9.17) is 0 Å². The van der Waals surface area contributed by atoms with Gasteiger partial charge in [-0.1, -0.05) is 17.7 Å². The molecule has 2 unspecified atom stereocenters. The Hall–Kier alpha value is -1.92. The van der Waals surface area contributed by atoms with E-state index in [0.717, 1.165) is 38.3 Å². The highest BCUT2D eigenvalue weighted by Gasteiger charge is 2.25. The largest absolute Gasteiger partial charge is 0.347 e. The lowest BCUT2D eigenvalue weighted by Crippen LogP contribution is -3.18. The third-order valence-electron chi connectivity index (χ3n) is 4.56. The summed E-state index contributed by atoms with van der Waals surface area (Å²) in [6.07, 6.45) is 1.03. The minimum Gasteiger partial charge on any atom is -0.347 e. The van der Waals surface area contributed by atoms with Gasteiger partial charge in [0, 0.05) is 17.6 Å². The Labute approximate surface area is 156 Å². The Morgan fingerprint density at radius 2 is 1.46 bits per heavy atom. The number of hydrogen-bond acceptors (Lipinski definition) is 2. The van der Waals surface area contributed by atoms with Crippen LogP contribution in [0.1, 0.15) is 32.8 Å². The Kier molecular flexibility index (Phi) is 7.17. The summed E-state index contributed by atoms with van der Waals surface area (Å²) in [6, 6.07) is 7.87. The van der Waals surface area contributed by atoms with Crippen molar-refractivity contribution in [2.45, 2.75) is 39.7 Å². The summed E-state index contributed by atoms with van der Waals surface area (Å²) in [5.74, 6) is 0.158. The normalized spacial score (nSPS) is 20.9. The van der Waals surface area contributed by atoms with Gasteiger partial charge in [-0.15, -0.1) is 0 Å². The van der Waals surface area contributed by atoms with Crippen LogP contribution in [0.2, 0.25) is 0 Å². The number of carbonyl (C=O) groups excluding carboxylic acids is 2. The fourth-order valence-corrected chi connectivity index (χ4v) is 3.30. The molecular formula is C20H34N4O2+2. The molecule has 2 atom stereocenters. The molecule has 144 valence electrons. The number of aryl methyl sites for hydroxylation is 1. The van der Waals surface area contributed by atoms with Crippen LogP contribution in [-0.4, -0.2) is 56.6 Å². The maximum absolute atomic E-state index is 12.3. The Bertz CT molecular complexity index is 607. The van der Waals surface area contributed by atoms with Gasteiger partial charge in [0.15, 0.2) is 13.1 Å². The van der Waals surface area contributed by atoms with Gasteiger partial charge in [-0.05, 0) is 39.8 Å². The molecule has 26 heavy (non-hydrogen) atoms. The molecule has 0 bridgehead atoms. The molecule has 1 fully saturated rings. The quantitative estimate of drug-likeness (QED) is 0.544. The van der Waals surface area contributed by atoms with Crippen LogP contribution in [0, 0.1) is 6.92 Å². The van der Waals surface area contributed by atoms with Gasteiger partial charge in [0.25, 0.3) is 11.8 Å². The van der Waals surface area contributed by atoms with Crippen LogP contribution < -0.4 is 20.4 Å². The zero-order valence-corrected chi connectivity index (χ0v) is 16.6. The molecule has 0 saturated carbocycles. The maximum atomic E-state index is 12.3. The molecule has 1 heterocycles. The first-order valence-corrected chi connectivity index (χ1v) is 9.56. The Morgan fingerprint density at radius 1 is 0.923 bits per heavy atom. The van der Waals surface area contributed by atoms with Gasteiger partial charge in [-0.3, -0.25) is 9.59 Å². The summed E-state index contributed by atoms with van der Waals surface area (Å²) >= 11 is 0. The molecule has 4 N–H and O–H groups in total. The number of hydrogen-bond donors (Lipinski definition) is 4. The van der Waals surface area contributed by atoms with Crippen molar-refractivity contribution in [1.29, 1.82) is 0 Å². The summed E-state index contributed by atoms with van der Waals surface area (Å²) in [4.78, 5) is 27.0. The van der Waals surface area contributed by atoms with Crippen LogP contribution in [0.15, 0.2) is 24.3 Å². The van der Waals surface area contributed by atoms with Crippen molar-refractivity contribution in [3.8, 4) is 0 Å². The second-order valence-corrected chi connectivity index (χ2v) is 8.42. The smallest absolute Gasteiger partial charge is 0.279 e. The topological polar surface area (TPSA) is 67.1 Å². The van der Waals surface area contributed by atoms with E-state index in [-0.39, 0.29) is 17.4 Å². The summed E-state index contributed by atoms with van der Waals surface area (Å²) in [5, 5.41) is 6.01. The average Bonchev–Trinajstić information content (AvgIpc) is 2.73. The molecule has 2 rings (SSSR count). The van der Waals surface area contributed by atoms with E-state index in [1.165, 1.54) is 15.4 Å². The Balaban J connectivity index is 1.76. The van der Waals surface area contributed by atoms with Crippen molar-refractivity contribution in [3.05, 3.63) is 29.8 Å². The molecule has 1 aromatic carbocycles. The molecule has 0 aliphatic carbocycles. The molecule has 1 saturated heterocycles. The van der Waals surface area contributed by atoms with Gasteiger partial charge in [0.2, 0.25) is 0 Å².